The molecule has 1 aliphatic rings. The number of carbonyl (C=O) groups excluding carboxylic acids is 1. The highest BCUT2D eigenvalue weighted by molar-refractivity contribution is 5.79. The number of ether oxygens (including phenoxy) is 2. The number of rotatable bonds is 8. The van der Waals surface area contributed by atoms with E-state index in [1.165, 1.54) is 0 Å². The first-order chi connectivity index (χ1) is 12.0. The molecule has 5 nitrogen and oxygen atoms in total. The number of nitrogens with one attached hydrogen (secondary N) is 1. The van der Waals surface area contributed by atoms with Gasteiger partial charge in [0.2, 0.25) is 5.91 Å². The lowest BCUT2D eigenvalue weighted by atomic mass is 9.94. The second-order valence-electron chi connectivity index (χ2n) is 7.07. The lowest BCUT2D eigenvalue weighted by Gasteiger charge is -2.25. The van der Waals surface area contributed by atoms with E-state index in [1.807, 2.05) is 32.0 Å². The van der Waals surface area contributed by atoms with Crippen molar-refractivity contribution in [3.63, 3.8) is 0 Å². The average Bonchev–Trinajstić information content (AvgIpc) is 3.01. The van der Waals surface area contributed by atoms with Crippen LogP contribution in [-0.4, -0.2) is 25.2 Å². The van der Waals surface area contributed by atoms with Gasteiger partial charge in [-0.25, -0.2) is 0 Å². The summed E-state index contributed by atoms with van der Waals surface area (Å²) >= 11 is 0. The van der Waals surface area contributed by atoms with Crippen LogP contribution in [-0.2, 0) is 4.79 Å². The molecule has 2 rings (SSSR count). The van der Waals surface area contributed by atoms with Crippen molar-refractivity contribution in [3.05, 3.63) is 23.8 Å². The third kappa shape index (κ3) is 5.11. The van der Waals surface area contributed by atoms with Crippen LogP contribution in [0.5, 0.6) is 11.5 Å². The average molecular weight is 348 g/mol. The minimum absolute atomic E-state index is 0.0327. The molecule has 0 aromatic heterocycles. The molecule has 1 fully saturated rings. The number of amides is 1. The van der Waals surface area contributed by atoms with Crippen LogP contribution in [0.15, 0.2) is 18.2 Å². The molecule has 0 bridgehead atoms. The summed E-state index contributed by atoms with van der Waals surface area (Å²) in [5, 5.41) is 3.23. The summed E-state index contributed by atoms with van der Waals surface area (Å²) in [6.45, 7) is 9.29. The molecule has 0 heterocycles. The second kappa shape index (κ2) is 9.09. The van der Waals surface area contributed by atoms with Gasteiger partial charge in [0.05, 0.1) is 19.3 Å². The molecule has 0 aliphatic heterocycles. The van der Waals surface area contributed by atoms with Crippen molar-refractivity contribution in [2.45, 2.75) is 59.0 Å². The van der Waals surface area contributed by atoms with Gasteiger partial charge in [-0.15, -0.1) is 0 Å². The Morgan fingerprint density at radius 1 is 1.20 bits per heavy atom. The summed E-state index contributed by atoms with van der Waals surface area (Å²) in [6.07, 6.45) is 2.59. The Morgan fingerprint density at radius 3 is 2.44 bits per heavy atom. The van der Waals surface area contributed by atoms with Crippen molar-refractivity contribution in [2.75, 3.05) is 13.2 Å². The second-order valence-corrected chi connectivity index (χ2v) is 7.07. The Labute approximate surface area is 151 Å². The Bertz CT molecular complexity index is 574. The fourth-order valence-electron chi connectivity index (χ4n) is 3.42. The largest absolute Gasteiger partial charge is 0.490 e. The van der Waals surface area contributed by atoms with E-state index in [-0.39, 0.29) is 29.8 Å². The Balaban J connectivity index is 2.18. The van der Waals surface area contributed by atoms with Gasteiger partial charge in [0.15, 0.2) is 11.5 Å². The van der Waals surface area contributed by atoms with Gasteiger partial charge < -0.3 is 20.5 Å². The van der Waals surface area contributed by atoms with Crippen LogP contribution in [0.1, 0.15) is 58.6 Å². The van der Waals surface area contributed by atoms with E-state index in [4.69, 9.17) is 15.2 Å². The Hall–Kier alpha value is -1.75. The predicted octanol–water partition coefficient (Wildman–Crippen LogP) is 3.42. The van der Waals surface area contributed by atoms with E-state index < -0.39 is 0 Å². The predicted molar refractivity (Wildman–Crippen MR) is 99.8 cm³/mol. The maximum Gasteiger partial charge on any atom is 0.223 e. The molecule has 25 heavy (non-hydrogen) atoms. The summed E-state index contributed by atoms with van der Waals surface area (Å²) in [4.78, 5) is 12.6. The molecular formula is C20H32N2O3. The van der Waals surface area contributed by atoms with Gasteiger partial charge in [0, 0.05) is 12.0 Å². The van der Waals surface area contributed by atoms with Crippen LogP contribution in [0.4, 0.5) is 0 Å². The van der Waals surface area contributed by atoms with E-state index in [9.17, 15) is 4.79 Å². The van der Waals surface area contributed by atoms with E-state index in [2.05, 4.69) is 19.2 Å². The van der Waals surface area contributed by atoms with Crippen LogP contribution in [0.25, 0.3) is 0 Å². The minimum Gasteiger partial charge on any atom is -0.490 e. The maximum absolute atomic E-state index is 12.6. The van der Waals surface area contributed by atoms with Crippen molar-refractivity contribution >= 4 is 5.91 Å². The first-order valence-corrected chi connectivity index (χ1v) is 9.41. The van der Waals surface area contributed by atoms with Gasteiger partial charge in [-0.2, -0.15) is 0 Å². The van der Waals surface area contributed by atoms with Crippen LogP contribution in [0.2, 0.25) is 0 Å². The summed E-state index contributed by atoms with van der Waals surface area (Å²) in [6, 6.07) is 6.03. The standard InChI is InChI=1S/C20H32N2O3/c1-5-24-17-10-8-14(12-18(17)25-6-2)19(13(3)4)22-20(23)15-7-9-16(21)11-15/h8,10,12-13,15-16,19H,5-7,9,11,21H2,1-4H3,(H,22,23). The molecule has 3 unspecified atom stereocenters. The number of carbonyl (C=O) groups is 1. The van der Waals surface area contributed by atoms with Crippen molar-refractivity contribution in [3.8, 4) is 11.5 Å². The third-order valence-corrected chi connectivity index (χ3v) is 4.73. The monoisotopic (exact) mass is 348 g/mol. The van der Waals surface area contributed by atoms with Gasteiger partial charge in [-0.3, -0.25) is 4.79 Å². The van der Waals surface area contributed by atoms with Crippen molar-refractivity contribution in [1.29, 1.82) is 0 Å². The lowest BCUT2D eigenvalue weighted by Crippen LogP contribution is -2.36. The highest BCUT2D eigenvalue weighted by atomic mass is 16.5. The zero-order valence-corrected chi connectivity index (χ0v) is 15.9. The quantitative estimate of drug-likeness (QED) is 0.755. The molecule has 5 heteroatoms. The van der Waals surface area contributed by atoms with Crippen molar-refractivity contribution in [2.24, 2.45) is 17.6 Å². The fourth-order valence-corrected chi connectivity index (χ4v) is 3.42. The van der Waals surface area contributed by atoms with Gasteiger partial charge in [-0.1, -0.05) is 19.9 Å². The molecule has 3 atom stereocenters. The third-order valence-electron chi connectivity index (χ3n) is 4.73. The molecule has 3 N–H and O–H groups in total. The van der Waals surface area contributed by atoms with Gasteiger partial charge in [0.1, 0.15) is 0 Å². The summed E-state index contributed by atoms with van der Waals surface area (Å²) in [5.74, 6) is 1.88. The van der Waals surface area contributed by atoms with E-state index >= 15 is 0 Å². The highest BCUT2D eigenvalue weighted by Gasteiger charge is 2.30. The smallest absolute Gasteiger partial charge is 0.223 e. The molecular weight excluding hydrogens is 316 g/mol. The van der Waals surface area contributed by atoms with Crippen LogP contribution in [0.3, 0.4) is 0 Å². The highest BCUT2D eigenvalue weighted by Crippen LogP contribution is 2.33. The number of benzene rings is 1. The number of hydrogen-bond donors (Lipinski definition) is 2. The molecule has 140 valence electrons. The summed E-state index contributed by atoms with van der Waals surface area (Å²) < 4.78 is 11.4. The van der Waals surface area contributed by atoms with Gasteiger partial charge >= 0.3 is 0 Å². The summed E-state index contributed by atoms with van der Waals surface area (Å²) in [7, 11) is 0. The van der Waals surface area contributed by atoms with Crippen molar-refractivity contribution in [1.82, 2.24) is 5.32 Å². The van der Waals surface area contributed by atoms with E-state index in [0.29, 0.717) is 13.2 Å². The lowest BCUT2D eigenvalue weighted by molar-refractivity contribution is -0.125. The van der Waals surface area contributed by atoms with Crippen molar-refractivity contribution < 1.29 is 14.3 Å². The zero-order chi connectivity index (χ0) is 18.4. The topological polar surface area (TPSA) is 73.6 Å². The molecule has 1 aliphatic carbocycles. The Morgan fingerprint density at radius 2 is 1.88 bits per heavy atom. The number of hydrogen-bond acceptors (Lipinski definition) is 4. The molecule has 0 saturated heterocycles. The molecule has 0 spiro atoms. The molecule has 1 aromatic carbocycles. The first-order valence-electron chi connectivity index (χ1n) is 9.41. The van der Waals surface area contributed by atoms with Crippen LogP contribution in [0, 0.1) is 11.8 Å². The van der Waals surface area contributed by atoms with E-state index in [1.54, 1.807) is 0 Å². The molecule has 1 amide bonds. The van der Waals surface area contributed by atoms with Crippen LogP contribution < -0.4 is 20.5 Å². The molecule has 1 aromatic rings. The molecule has 1 saturated carbocycles. The normalized spacial score (nSPS) is 21.2. The van der Waals surface area contributed by atoms with Crippen LogP contribution >= 0.6 is 0 Å². The molecule has 0 radical (unpaired) electrons. The maximum atomic E-state index is 12.6. The minimum atomic E-state index is -0.0563. The SMILES string of the molecule is CCOc1ccc(C(NC(=O)C2CCC(N)C2)C(C)C)cc1OCC. The Kier molecular flexibility index (Phi) is 7.12. The summed E-state index contributed by atoms with van der Waals surface area (Å²) in [5.41, 5.74) is 6.99. The first kappa shape index (κ1) is 19.6. The van der Waals surface area contributed by atoms with Gasteiger partial charge in [0.25, 0.3) is 0 Å². The zero-order valence-electron chi connectivity index (χ0n) is 15.9. The van der Waals surface area contributed by atoms with Gasteiger partial charge in [-0.05, 0) is 56.7 Å². The van der Waals surface area contributed by atoms with E-state index in [0.717, 1.165) is 36.3 Å². The number of nitrogens with two attached hydrogens (primary N) is 1. The fraction of sp³-hybridized carbons (Fsp3) is 0.650.